The Kier molecular flexibility index (Phi) is 9.37. The summed E-state index contributed by atoms with van der Waals surface area (Å²) in [6, 6.07) is 8.02. The van der Waals surface area contributed by atoms with Crippen LogP contribution >= 0.6 is 0 Å². The fourth-order valence-corrected chi connectivity index (χ4v) is 3.27. The Morgan fingerprint density at radius 2 is 1.81 bits per heavy atom. The molecule has 1 aromatic carbocycles. The maximum Gasteiger partial charge on any atom is 0.241 e. The molecule has 0 saturated heterocycles. The molecule has 0 radical (unpaired) electrons. The van der Waals surface area contributed by atoms with E-state index in [1.54, 1.807) is 15.8 Å². The Balaban J connectivity index is 2.10. The molecular weight excluding hydrogens is 390 g/mol. The van der Waals surface area contributed by atoms with Crippen LogP contribution in [0.3, 0.4) is 0 Å². The molecule has 1 heterocycles. The molecule has 0 aliphatic carbocycles. The summed E-state index contributed by atoms with van der Waals surface area (Å²) in [6.07, 6.45) is 3.69. The van der Waals surface area contributed by atoms with Crippen molar-refractivity contribution in [2.75, 3.05) is 11.4 Å². The van der Waals surface area contributed by atoms with E-state index in [2.05, 4.69) is 29.5 Å². The first kappa shape index (κ1) is 24.7. The number of benzene rings is 1. The summed E-state index contributed by atoms with van der Waals surface area (Å²) in [5.74, 6) is 0.714. The zero-order valence-corrected chi connectivity index (χ0v) is 19.8. The van der Waals surface area contributed by atoms with Gasteiger partial charge in [-0.05, 0) is 30.9 Å². The number of ketones is 1. The minimum Gasteiger partial charge on any atom is -0.306 e. The fourth-order valence-electron chi connectivity index (χ4n) is 3.27. The lowest BCUT2D eigenvalue weighted by molar-refractivity contribution is -0.123. The van der Waals surface area contributed by atoms with Gasteiger partial charge in [-0.1, -0.05) is 64.5 Å². The molecule has 1 N–H and O–H groups in total. The van der Waals surface area contributed by atoms with E-state index in [4.69, 9.17) is 0 Å². The number of Topliss-reactive ketones (excluding diaryl/α,β-unsaturated/α-hetero) is 1. The average Bonchev–Trinajstić information content (AvgIpc) is 3.15. The predicted molar refractivity (Wildman–Crippen MR) is 124 cm³/mol. The number of nitrogens with zero attached hydrogens (tertiary/aromatic N) is 4. The molecule has 2 aromatic rings. The van der Waals surface area contributed by atoms with Crippen LogP contribution in [0, 0.1) is 18.8 Å². The molecule has 7 nitrogen and oxygen atoms in total. The maximum atomic E-state index is 13.0. The fraction of sp³-hybridized carbons (Fsp3) is 0.583. The normalized spacial score (nSPS) is 12.4. The monoisotopic (exact) mass is 427 g/mol. The number of hydrogen-bond acceptors (Lipinski definition) is 5. The van der Waals surface area contributed by atoms with Crippen LogP contribution in [0.25, 0.3) is 0 Å². The summed E-state index contributed by atoms with van der Waals surface area (Å²) in [4.78, 5) is 27.2. The van der Waals surface area contributed by atoms with Crippen molar-refractivity contribution < 1.29 is 9.59 Å². The SMILES string of the molecule is Cc1ccccc1N(Cc1cn(CC(=O)C(C)CCC(C)C)nn1)C(=O)CNC(C)C. The highest BCUT2D eigenvalue weighted by atomic mass is 16.2. The summed E-state index contributed by atoms with van der Waals surface area (Å²) < 4.78 is 1.58. The Morgan fingerprint density at radius 1 is 1.10 bits per heavy atom. The Labute approximate surface area is 186 Å². The topological polar surface area (TPSA) is 80.1 Å². The van der Waals surface area contributed by atoms with Crippen molar-refractivity contribution in [1.82, 2.24) is 20.3 Å². The van der Waals surface area contributed by atoms with Gasteiger partial charge in [-0.25, -0.2) is 4.68 Å². The quantitative estimate of drug-likeness (QED) is 0.558. The third kappa shape index (κ3) is 7.90. The van der Waals surface area contributed by atoms with Crippen LogP contribution in [0.1, 0.15) is 58.7 Å². The van der Waals surface area contributed by atoms with Crippen LogP contribution in [0.2, 0.25) is 0 Å². The second kappa shape index (κ2) is 11.7. The number of amides is 1. The second-order valence-corrected chi connectivity index (χ2v) is 9.05. The molecule has 0 aliphatic heterocycles. The van der Waals surface area contributed by atoms with Crippen molar-refractivity contribution in [3.63, 3.8) is 0 Å². The van der Waals surface area contributed by atoms with Crippen molar-refractivity contribution in [1.29, 1.82) is 0 Å². The molecule has 1 aromatic heterocycles. The Hall–Kier alpha value is -2.54. The number of aromatic nitrogens is 3. The van der Waals surface area contributed by atoms with Gasteiger partial charge in [0.15, 0.2) is 5.78 Å². The van der Waals surface area contributed by atoms with Gasteiger partial charge in [0, 0.05) is 17.6 Å². The van der Waals surface area contributed by atoms with E-state index in [1.165, 1.54) is 0 Å². The summed E-state index contributed by atoms with van der Waals surface area (Å²) in [5.41, 5.74) is 2.52. The highest BCUT2D eigenvalue weighted by molar-refractivity contribution is 5.95. The van der Waals surface area contributed by atoms with Crippen molar-refractivity contribution in [3.8, 4) is 0 Å². The minimum atomic E-state index is -0.0315. The standard InChI is InChI=1S/C24H37N5O2/c1-17(2)11-12-20(6)23(30)16-28-14-21(26-27-28)15-29(24(31)13-25-18(3)4)22-10-8-7-9-19(22)5/h7-10,14,17-18,20,25H,11-13,15-16H2,1-6H3. The molecule has 0 aliphatic rings. The van der Waals surface area contributed by atoms with Gasteiger partial charge in [-0.2, -0.15) is 0 Å². The lowest BCUT2D eigenvalue weighted by atomic mass is 9.96. The van der Waals surface area contributed by atoms with Gasteiger partial charge in [0.2, 0.25) is 5.91 Å². The minimum absolute atomic E-state index is 0.00204. The predicted octanol–water partition coefficient (Wildman–Crippen LogP) is 3.76. The number of aryl methyl sites for hydroxylation is 1. The molecule has 0 fully saturated rings. The summed E-state index contributed by atoms with van der Waals surface area (Å²) in [5, 5.41) is 11.5. The average molecular weight is 428 g/mol. The number of para-hydroxylation sites is 1. The van der Waals surface area contributed by atoms with Crippen molar-refractivity contribution in [2.45, 2.75) is 73.5 Å². The van der Waals surface area contributed by atoms with Crippen molar-refractivity contribution >= 4 is 17.4 Å². The maximum absolute atomic E-state index is 13.0. The highest BCUT2D eigenvalue weighted by Crippen LogP contribution is 2.21. The van der Waals surface area contributed by atoms with Gasteiger partial charge in [0.25, 0.3) is 0 Å². The lowest BCUT2D eigenvalue weighted by Gasteiger charge is -2.24. The molecule has 1 unspecified atom stereocenters. The Bertz CT molecular complexity index is 859. The van der Waals surface area contributed by atoms with Crippen LogP contribution in [-0.4, -0.2) is 39.3 Å². The molecule has 0 spiro atoms. The largest absolute Gasteiger partial charge is 0.306 e. The van der Waals surface area contributed by atoms with E-state index in [-0.39, 0.29) is 36.7 Å². The molecular formula is C24H37N5O2. The van der Waals surface area contributed by atoms with Gasteiger partial charge >= 0.3 is 0 Å². The van der Waals surface area contributed by atoms with Crippen LogP contribution in [0.5, 0.6) is 0 Å². The number of carbonyl (C=O) groups is 2. The molecule has 7 heteroatoms. The third-order valence-electron chi connectivity index (χ3n) is 5.32. The van der Waals surface area contributed by atoms with E-state index >= 15 is 0 Å². The Morgan fingerprint density at radius 3 is 2.45 bits per heavy atom. The van der Waals surface area contributed by atoms with E-state index in [0.717, 1.165) is 24.1 Å². The number of carbonyl (C=O) groups excluding carboxylic acids is 2. The van der Waals surface area contributed by atoms with Gasteiger partial charge in [0.05, 0.1) is 19.3 Å². The molecule has 2 rings (SSSR count). The zero-order valence-electron chi connectivity index (χ0n) is 19.8. The molecule has 31 heavy (non-hydrogen) atoms. The first-order chi connectivity index (χ1) is 14.7. The first-order valence-corrected chi connectivity index (χ1v) is 11.2. The number of nitrogens with one attached hydrogen (secondary N) is 1. The second-order valence-electron chi connectivity index (χ2n) is 9.05. The molecule has 0 bridgehead atoms. The van der Waals surface area contributed by atoms with Crippen molar-refractivity contribution in [3.05, 3.63) is 41.7 Å². The van der Waals surface area contributed by atoms with Crippen LogP contribution in [0.4, 0.5) is 5.69 Å². The first-order valence-electron chi connectivity index (χ1n) is 11.2. The molecule has 1 atom stereocenters. The van der Waals surface area contributed by atoms with Crippen LogP contribution < -0.4 is 10.2 Å². The summed E-state index contributed by atoms with van der Waals surface area (Å²) >= 11 is 0. The molecule has 0 saturated carbocycles. The number of hydrogen-bond donors (Lipinski definition) is 1. The summed E-state index contributed by atoms with van der Waals surface area (Å²) in [7, 11) is 0. The lowest BCUT2D eigenvalue weighted by Crippen LogP contribution is -2.40. The van der Waals surface area contributed by atoms with E-state index in [9.17, 15) is 9.59 Å². The molecule has 170 valence electrons. The number of rotatable bonds is 12. The van der Waals surface area contributed by atoms with Gasteiger partial charge in [-0.3, -0.25) is 9.59 Å². The summed E-state index contributed by atoms with van der Waals surface area (Å²) in [6.45, 7) is 13.1. The van der Waals surface area contributed by atoms with Gasteiger partial charge in [0.1, 0.15) is 12.2 Å². The van der Waals surface area contributed by atoms with Gasteiger partial charge in [-0.15, -0.1) is 5.10 Å². The zero-order chi connectivity index (χ0) is 23.0. The number of anilines is 1. The van der Waals surface area contributed by atoms with Crippen LogP contribution in [-0.2, 0) is 22.7 Å². The smallest absolute Gasteiger partial charge is 0.241 e. The van der Waals surface area contributed by atoms with E-state index in [0.29, 0.717) is 18.2 Å². The van der Waals surface area contributed by atoms with Gasteiger partial charge < -0.3 is 10.2 Å². The third-order valence-corrected chi connectivity index (χ3v) is 5.32. The van der Waals surface area contributed by atoms with E-state index in [1.807, 2.05) is 52.0 Å². The van der Waals surface area contributed by atoms with E-state index < -0.39 is 0 Å². The highest BCUT2D eigenvalue weighted by Gasteiger charge is 2.20. The molecule has 1 amide bonds. The van der Waals surface area contributed by atoms with Crippen molar-refractivity contribution in [2.24, 2.45) is 11.8 Å². The van der Waals surface area contributed by atoms with Crippen LogP contribution in [0.15, 0.2) is 30.5 Å².